The number of carbonyl (C=O) groups excluding carboxylic acids is 2. The summed E-state index contributed by atoms with van der Waals surface area (Å²) in [6.45, 7) is 4.90. The molecule has 3 N–H and O–H groups in total. The Kier molecular flexibility index (Phi) is 70.9. The van der Waals surface area contributed by atoms with E-state index in [0.29, 0.717) is 19.4 Å². The Balaban J connectivity index is 3.29. The van der Waals surface area contributed by atoms with Gasteiger partial charge >= 0.3 is 5.97 Å². The van der Waals surface area contributed by atoms with Crippen molar-refractivity contribution in [3.05, 3.63) is 36.5 Å². The molecule has 0 aromatic carbocycles. The van der Waals surface area contributed by atoms with Crippen molar-refractivity contribution in [2.45, 2.75) is 431 Å². The fourth-order valence-electron chi connectivity index (χ4n) is 11.9. The predicted molar refractivity (Wildman–Crippen MR) is 366 cm³/mol. The minimum atomic E-state index is -0.839. The van der Waals surface area contributed by atoms with Crippen LogP contribution in [0.2, 0.25) is 0 Å². The maximum Gasteiger partial charge on any atom is 0.305 e. The monoisotopic (exact) mass is 1170 g/mol. The van der Waals surface area contributed by atoms with Crippen LogP contribution in [0.5, 0.6) is 0 Å². The molecule has 0 saturated carbocycles. The molecule has 0 spiro atoms. The number of carbonyl (C=O) groups is 2. The van der Waals surface area contributed by atoms with E-state index in [0.717, 1.165) is 38.5 Å². The van der Waals surface area contributed by atoms with Gasteiger partial charge in [0.05, 0.1) is 25.4 Å². The van der Waals surface area contributed by atoms with Crippen LogP contribution in [0.15, 0.2) is 36.5 Å². The van der Waals surface area contributed by atoms with E-state index in [1.807, 2.05) is 6.08 Å². The average molecular weight is 1170 g/mol. The lowest BCUT2D eigenvalue weighted by molar-refractivity contribution is -0.143. The largest absolute Gasteiger partial charge is 0.466 e. The number of amides is 1. The Hall–Kier alpha value is -1.92. The first-order valence-electron chi connectivity index (χ1n) is 37.8. The second-order valence-corrected chi connectivity index (χ2v) is 26.0. The number of allylic oxidation sites excluding steroid dienone is 5. The molecule has 490 valence electrons. The van der Waals surface area contributed by atoms with Gasteiger partial charge in [-0.15, -0.1) is 0 Å². The van der Waals surface area contributed by atoms with Crippen molar-refractivity contribution < 1.29 is 24.5 Å². The predicted octanol–water partition coefficient (Wildman–Crippen LogP) is 24.7. The molecule has 2 unspecified atom stereocenters. The van der Waals surface area contributed by atoms with Gasteiger partial charge in [0.25, 0.3) is 0 Å². The zero-order valence-corrected chi connectivity index (χ0v) is 56.2. The molecule has 1 amide bonds. The molecule has 0 radical (unpaired) electrons. The van der Waals surface area contributed by atoms with Crippen LogP contribution in [0.3, 0.4) is 0 Å². The number of hydrogen-bond donors (Lipinski definition) is 3. The number of unbranched alkanes of at least 4 members (excludes halogenated alkanes) is 56. The standard InChI is InChI=1S/C77H147NO5/c1-3-5-7-9-11-13-14-15-16-17-42-45-48-51-55-59-63-67-71-77(82)83-72-68-64-60-56-52-49-46-43-40-38-36-34-32-30-28-26-24-22-20-18-19-21-23-25-27-29-31-33-35-37-39-41-44-47-50-54-58-62-66-70-76(81)78-74(73-79)75(80)69-65-61-57-53-12-10-8-6-4-2/h16-19,65,69,74-75,79-80H,3-15,20-64,66-68,70-73H2,1-2H3,(H,78,81)/b17-16-,19-18-,69-65+. The Morgan fingerprint density at radius 3 is 0.855 bits per heavy atom. The Morgan fingerprint density at radius 1 is 0.325 bits per heavy atom. The highest BCUT2D eigenvalue weighted by molar-refractivity contribution is 5.76. The minimum absolute atomic E-state index is 0.0198. The first-order chi connectivity index (χ1) is 41.0. The molecule has 0 heterocycles. The lowest BCUT2D eigenvalue weighted by atomic mass is 10.0. The van der Waals surface area contributed by atoms with E-state index in [2.05, 4.69) is 43.5 Å². The zero-order chi connectivity index (χ0) is 59.9. The van der Waals surface area contributed by atoms with Gasteiger partial charge in [-0.1, -0.05) is 359 Å². The number of nitrogens with one attached hydrogen (secondary N) is 1. The van der Waals surface area contributed by atoms with Gasteiger partial charge in [0.2, 0.25) is 5.91 Å². The topological polar surface area (TPSA) is 95.9 Å². The fraction of sp³-hybridized carbons (Fsp3) is 0.896. The molecule has 0 aliphatic carbocycles. The normalized spacial score (nSPS) is 12.7. The van der Waals surface area contributed by atoms with Crippen molar-refractivity contribution in [1.29, 1.82) is 0 Å². The van der Waals surface area contributed by atoms with Crippen LogP contribution in [-0.2, 0) is 14.3 Å². The number of aliphatic hydroxyl groups is 2. The highest BCUT2D eigenvalue weighted by Gasteiger charge is 2.18. The molecular weight excluding hydrogens is 1020 g/mol. The summed E-state index contributed by atoms with van der Waals surface area (Å²) in [7, 11) is 0. The Morgan fingerprint density at radius 2 is 0.566 bits per heavy atom. The lowest BCUT2D eigenvalue weighted by Crippen LogP contribution is -2.45. The van der Waals surface area contributed by atoms with Gasteiger partial charge in [-0.2, -0.15) is 0 Å². The van der Waals surface area contributed by atoms with Gasteiger partial charge in [0.15, 0.2) is 0 Å². The van der Waals surface area contributed by atoms with Gasteiger partial charge in [-0.25, -0.2) is 0 Å². The van der Waals surface area contributed by atoms with E-state index in [1.54, 1.807) is 6.08 Å². The molecule has 0 saturated heterocycles. The number of hydrogen-bond acceptors (Lipinski definition) is 5. The van der Waals surface area contributed by atoms with Crippen LogP contribution in [0.25, 0.3) is 0 Å². The molecule has 6 heteroatoms. The summed E-state index contributed by atoms with van der Waals surface area (Å²) in [5, 5.41) is 23.0. The number of rotatable bonds is 71. The molecule has 2 atom stereocenters. The lowest BCUT2D eigenvalue weighted by Gasteiger charge is -2.20. The fourth-order valence-corrected chi connectivity index (χ4v) is 11.9. The zero-order valence-electron chi connectivity index (χ0n) is 56.2. The van der Waals surface area contributed by atoms with Crippen LogP contribution >= 0.6 is 0 Å². The summed E-state index contributed by atoms with van der Waals surface area (Å²) in [4.78, 5) is 24.5. The summed E-state index contributed by atoms with van der Waals surface area (Å²) in [6.07, 6.45) is 94.2. The van der Waals surface area contributed by atoms with Crippen molar-refractivity contribution in [2.24, 2.45) is 0 Å². The summed E-state index contributed by atoms with van der Waals surface area (Å²) in [5.41, 5.74) is 0. The van der Waals surface area contributed by atoms with E-state index < -0.39 is 12.1 Å². The van der Waals surface area contributed by atoms with Crippen LogP contribution in [0.4, 0.5) is 0 Å². The van der Waals surface area contributed by atoms with Gasteiger partial charge in [-0.3, -0.25) is 9.59 Å². The molecule has 0 fully saturated rings. The van der Waals surface area contributed by atoms with E-state index in [9.17, 15) is 19.8 Å². The van der Waals surface area contributed by atoms with Gasteiger partial charge in [0, 0.05) is 12.8 Å². The van der Waals surface area contributed by atoms with E-state index in [1.165, 1.54) is 353 Å². The van der Waals surface area contributed by atoms with Crippen molar-refractivity contribution >= 4 is 11.9 Å². The maximum atomic E-state index is 12.4. The molecule has 0 aliphatic rings. The summed E-state index contributed by atoms with van der Waals surface area (Å²) in [6, 6.07) is -0.622. The molecule has 0 bridgehead atoms. The smallest absolute Gasteiger partial charge is 0.305 e. The molecule has 0 aromatic rings. The quantitative estimate of drug-likeness (QED) is 0.0320. The summed E-state index contributed by atoms with van der Waals surface area (Å²) < 4.78 is 5.51. The first-order valence-corrected chi connectivity index (χ1v) is 37.8. The SMILES string of the molecule is CCCCCCCCC/C=C\CCCCCCCCCC(=O)OCCCCCCCCCCCCCCCCCCCC/C=C\CCCCCCCCCCCCCCCCCCCC(=O)NC(CO)C(O)/C=C/CCCCCCCCC. The van der Waals surface area contributed by atoms with Crippen LogP contribution in [0, 0.1) is 0 Å². The van der Waals surface area contributed by atoms with Crippen molar-refractivity contribution in [1.82, 2.24) is 5.32 Å². The molecule has 83 heavy (non-hydrogen) atoms. The molecule has 6 nitrogen and oxygen atoms in total. The van der Waals surface area contributed by atoms with Gasteiger partial charge in [-0.05, 0) is 83.5 Å². The summed E-state index contributed by atoms with van der Waals surface area (Å²) in [5.74, 6) is -0.0450. The van der Waals surface area contributed by atoms with Crippen molar-refractivity contribution in [2.75, 3.05) is 13.2 Å². The van der Waals surface area contributed by atoms with Gasteiger partial charge < -0.3 is 20.3 Å². The maximum absolute atomic E-state index is 12.4. The first kappa shape index (κ1) is 81.1. The third kappa shape index (κ3) is 69.1. The number of esters is 1. The van der Waals surface area contributed by atoms with Crippen molar-refractivity contribution in [3.8, 4) is 0 Å². The molecule has 0 aromatic heterocycles. The Labute approximate surface area is 519 Å². The van der Waals surface area contributed by atoms with E-state index in [-0.39, 0.29) is 18.5 Å². The molecular formula is C77H147NO5. The highest BCUT2D eigenvalue weighted by atomic mass is 16.5. The van der Waals surface area contributed by atoms with Crippen molar-refractivity contribution in [3.63, 3.8) is 0 Å². The van der Waals surface area contributed by atoms with E-state index in [4.69, 9.17) is 4.74 Å². The van der Waals surface area contributed by atoms with E-state index >= 15 is 0 Å². The average Bonchev–Trinajstić information content (AvgIpc) is 3.49. The van der Waals surface area contributed by atoms with Crippen LogP contribution in [0.1, 0.15) is 418 Å². The van der Waals surface area contributed by atoms with Crippen LogP contribution in [-0.4, -0.2) is 47.4 Å². The molecule has 0 aliphatic heterocycles. The third-order valence-corrected chi connectivity index (χ3v) is 17.6. The summed E-state index contributed by atoms with van der Waals surface area (Å²) >= 11 is 0. The second kappa shape index (κ2) is 72.6. The second-order valence-electron chi connectivity index (χ2n) is 26.0. The highest BCUT2D eigenvalue weighted by Crippen LogP contribution is 2.19. The van der Waals surface area contributed by atoms with Crippen LogP contribution < -0.4 is 5.32 Å². The molecule has 0 rings (SSSR count). The number of aliphatic hydroxyl groups excluding tert-OH is 2. The third-order valence-electron chi connectivity index (χ3n) is 17.6. The Bertz CT molecular complexity index is 1340. The number of ether oxygens (including phenoxy) is 1. The minimum Gasteiger partial charge on any atom is -0.466 e. The van der Waals surface area contributed by atoms with Gasteiger partial charge in [0.1, 0.15) is 0 Å².